The lowest BCUT2D eigenvalue weighted by molar-refractivity contribution is 0.145. The average Bonchev–Trinajstić information content (AvgIpc) is 2.37. The second kappa shape index (κ2) is 8.54. The van der Waals surface area contributed by atoms with E-state index >= 15 is 0 Å². The largest absolute Gasteiger partial charge is 0.491 e. The van der Waals surface area contributed by atoms with E-state index in [0.29, 0.717) is 18.0 Å². The molecule has 0 fully saturated rings. The molecule has 0 bridgehead atoms. The second-order valence-electron chi connectivity index (χ2n) is 3.99. The van der Waals surface area contributed by atoms with Crippen molar-refractivity contribution in [2.24, 2.45) is 0 Å². The maximum atomic E-state index is 5.70. The van der Waals surface area contributed by atoms with Gasteiger partial charge in [-0.05, 0) is 30.9 Å². The molecule has 0 aliphatic heterocycles. The SMILES string of the molecule is CCC(Br)CCc1ccccc1OCCOC. The average molecular weight is 301 g/mol. The maximum Gasteiger partial charge on any atom is 0.122 e. The van der Waals surface area contributed by atoms with Crippen LogP contribution in [-0.2, 0) is 11.2 Å². The van der Waals surface area contributed by atoms with Gasteiger partial charge in [0, 0.05) is 11.9 Å². The van der Waals surface area contributed by atoms with Crippen molar-refractivity contribution in [2.75, 3.05) is 20.3 Å². The van der Waals surface area contributed by atoms with E-state index in [1.165, 1.54) is 5.56 Å². The third-order valence-corrected chi connectivity index (χ3v) is 3.79. The minimum Gasteiger partial charge on any atom is -0.491 e. The van der Waals surface area contributed by atoms with Crippen LogP contribution in [0.25, 0.3) is 0 Å². The first-order chi connectivity index (χ1) is 8.27. The van der Waals surface area contributed by atoms with Crippen molar-refractivity contribution in [3.63, 3.8) is 0 Å². The van der Waals surface area contributed by atoms with Crippen molar-refractivity contribution in [1.29, 1.82) is 0 Å². The number of ether oxygens (including phenoxy) is 2. The molecule has 0 heterocycles. The number of hydrogen-bond donors (Lipinski definition) is 0. The Morgan fingerprint density at radius 1 is 1.24 bits per heavy atom. The summed E-state index contributed by atoms with van der Waals surface area (Å²) in [4.78, 5) is 0.592. The quantitative estimate of drug-likeness (QED) is 0.537. The predicted molar refractivity (Wildman–Crippen MR) is 75.1 cm³/mol. The fourth-order valence-corrected chi connectivity index (χ4v) is 1.83. The van der Waals surface area contributed by atoms with Gasteiger partial charge < -0.3 is 9.47 Å². The number of aryl methyl sites for hydroxylation is 1. The predicted octanol–water partition coefficient (Wildman–Crippen LogP) is 3.82. The number of para-hydroxylation sites is 1. The Labute approximate surface area is 112 Å². The molecule has 1 unspecified atom stereocenters. The van der Waals surface area contributed by atoms with Crippen LogP contribution in [-0.4, -0.2) is 25.2 Å². The highest BCUT2D eigenvalue weighted by molar-refractivity contribution is 9.09. The second-order valence-corrected chi connectivity index (χ2v) is 5.29. The molecular weight excluding hydrogens is 280 g/mol. The molecule has 0 saturated heterocycles. The van der Waals surface area contributed by atoms with Gasteiger partial charge in [0.15, 0.2) is 0 Å². The van der Waals surface area contributed by atoms with Crippen LogP contribution >= 0.6 is 15.9 Å². The molecule has 0 aromatic heterocycles. The van der Waals surface area contributed by atoms with E-state index in [0.717, 1.165) is 25.0 Å². The third-order valence-electron chi connectivity index (χ3n) is 2.69. The number of hydrogen-bond acceptors (Lipinski definition) is 2. The lowest BCUT2D eigenvalue weighted by Crippen LogP contribution is -2.06. The molecule has 0 saturated carbocycles. The van der Waals surface area contributed by atoms with E-state index in [4.69, 9.17) is 9.47 Å². The zero-order valence-corrected chi connectivity index (χ0v) is 12.2. The van der Waals surface area contributed by atoms with Gasteiger partial charge in [0.25, 0.3) is 0 Å². The number of methoxy groups -OCH3 is 1. The Kier molecular flexibility index (Phi) is 7.29. The van der Waals surface area contributed by atoms with E-state index in [-0.39, 0.29) is 0 Å². The molecule has 0 aliphatic carbocycles. The molecular formula is C14H21BrO2. The molecule has 0 radical (unpaired) electrons. The summed E-state index contributed by atoms with van der Waals surface area (Å²) in [5.41, 5.74) is 1.28. The van der Waals surface area contributed by atoms with Gasteiger partial charge in [-0.15, -0.1) is 0 Å². The summed E-state index contributed by atoms with van der Waals surface area (Å²) in [6.07, 6.45) is 3.35. The molecule has 1 atom stereocenters. The lowest BCUT2D eigenvalue weighted by atomic mass is 10.1. The van der Waals surface area contributed by atoms with Gasteiger partial charge in [0.1, 0.15) is 12.4 Å². The topological polar surface area (TPSA) is 18.5 Å². The molecule has 0 amide bonds. The standard InChI is InChI=1S/C14H21BrO2/c1-3-13(15)9-8-12-6-4-5-7-14(12)17-11-10-16-2/h4-7,13H,3,8-11H2,1-2H3. The molecule has 1 rings (SSSR count). The maximum absolute atomic E-state index is 5.70. The number of benzene rings is 1. The fraction of sp³-hybridized carbons (Fsp3) is 0.571. The van der Waals surface area contributed by atoms with E-state index < -0.39 is 0 Å². The molecule has 0 spiro atoms. The van der Waals surface area contributed by atoms with E-state index in [9.17, 15) is 0 Å². The summed E-state index contributed by atoms with van der Waals surface area (Å²) in [5.74, 6) is 0.986. The minimum atomic E-state index is 0.592. The van der Waals surface area contributed by atoms with Crippen molar-refractivity contribution in [1.82, 2.24) is 0 Å². The highest BCUT2D eigenvalue weighted by atomic mass is 79.9. The first kappa shape index (κ1) is 14.5. The molecule has 1 aromatic carbocycles. The van der Waals surface area contributed by atoms with Crippen LogP contribution in [0, 0.1) is 0 Å². The van der Waals surface area contributed by atoms with Crippen molar-refractivity contribution >= 4 is 15.9 Å². The highest BCUT2D eigenvalue weighted by Crippen LogP contribution is 2.22. The van der Waals surface area contributed by atoms with Crippen LogP contribution in [0.5, 0.6) is 5.75 Å². The third kappa shape index (κ3) is 5.55. The minimum absolute atomic E-state index is 0.592. The summed E-state index contributed by atoms with van der Waals surface area (Å²) in [6.45, 7) is 3.43. The van der Waals surface area contributed by atoms with E-state index in [1.807, 2.05) is 12.1 Å². The fourth-order valence-electron chi connectivity index (χ4n) is 1.60. The summed E-state index contributed by atoms with van der Waals surface area (Å²) in [7, 11) is 1.69. The first-order valence-corrected chi connectivity index (χ1v) is 7.03. The summed E-state index contributed by atoms with van der Waals surface area (Å²) in [5, 5.41) is 0. The van der Waals surface area contributed by atoms with Gasteiger partial charge >= 0.3 is 0 Å². The molecule has 2 nitrogen and oxygen atoms in total. The highest BCUT2D eigenvalue weighted by Gasteiger charge is 2.06. The Morgan fingerprint density at radius 3 is 2.71 bits per heavy atom. The Bertz CT molecular complexity index is 315. The smallest absolute Gasteiger partial charge is 0.122 e. The molecule has 0 aliphatic rings. The number of alkyl halides is 1. The van der Waals surface area contributed by atoms with Crippen molar-refractivity contribution < 1.29 is 9.47 Å². The molecule has 0 N–H and O–H groups in total. The normalized spacial score (nSPS) is 12.4. The Morgan fingerprint density at radius 2 is 2.00 bits per heavy atom. The molecule has 1 aromatic rings. The van der Waals surface area contributed by atoms with Crippen LogP contribution in [0.2, 0.25) is 0 Å². The van der Waals surface area contributed by atoms with Crippen LogP contribution in [0.3, 0.4) is 0 Å². The van der Waals surface area contributed by atoms with E-state index in [1.54, 1.807) is 7.11 Å². The van der Waals surface area contributed by atoms with Gasteiger partial charge in [-0.25, -0.2) is 0 Å². The lowest BCUT2D eigenvalue weighted by Gasteiger charge is -2.12. The molecule has 17 heavy (non-hydrogen) atoms. The first-order valence-electron chi connectivity index (χ1n) is 6.11. The van der Waals surface area contributed by atoms with Crippen molar-refractivity contribution in [3.8, 4) is 5.75 Å². The summed E-state index contributed by atoms with van der Waals surface area (Å²) < 4.78 is 10.7. The summed E-state index contributed by atoms with van der Waals surface area (Å²) >= 11 is 3.66. The number of rotatable bonds is 8. The number of halogens is 1. The Hall–Kier alpha value is -0.540. The monoisotopic (exact) mass is 300 g/mol. The van der Waals surface area contributed by atoms with Crippen LogP contribution in [0.15, 0.2) is 24.3 Å². The zero-order chi connectivity index (χ0) is 12.5. The van der Waals surface area contributed by atoms with Gasteiger partial charge in [-0.3, -0.25) is 0 Å². The van der Waals surface area contributed by atoms with Gasteiger partial charge in [-0.1, -0.05) is 41.1 Å². The van der Waals surface area contributed by atoms with Crippen molar-refractivity contribution in [2.45, 2.75) is 31.0 Å². The summed E-state index contributed by atoms with van der Waals surface area (Å²) in [6, 6.07) is 8.24. The van der Waals surface area contributed by atoms with Crippen LogP contribution in [0.1, 0.15) is 25.3 Å². The van der Waals surface area contributed by atoms with Crippen molar-refractivity contribution in [3.05, 3.63) is 29.8 Å². The van der Waals surface area contributed by atoms with Crippen LogP contribution < -0.4 is 4.74 Å². The van der Waals surface area contributed by atoms with E-state index in [2.05, 4.69) is 35.0 Å². The Balaban J connectivity index is 2.51. The zero-order valence-electron chi connectivity index (χ0n) is 10.6. The van der Waals surface area contributed by atoms with Crippen LogP contribution in [0.4, 0.5) is 0 Å². The molecule has 96 valence electrons. The van der Waals surface area contributed by atoms with Gasteiger partial charge in [-0.2, -0.15) is 0 Å². The van der Waals surface area contributed by atoms with Gasteiger partial charge in [0.2, 0.25) is 0 Å². The molecule has 3 heteroatoms. The van der Waals surface area contributed by atoms with Gasteiger partial charge in [0.05, 0.1) is 6.61 Å².